The molecule has 0 saturated heterocycles. The van der Waals surface area contributed by atoms with Crippen molar-refractivity contribution in [2.24, 2.45) is 0 Å². The van der Waals surface area contributed by atoms with Gasteiger partial charge in [0.15, 0.2) is 0 Å². The maximum atomic E-state index is 12.3. The van der Waals surface area contributed by atoms with E-state index in [9.17, 15) is 4.79 Å². The highest BCUT2D eigenvalue weighted by molar-refractivity contribution is 7.12. The van der Waals surface area contributed by atoms with Crippen molar-refractivity contribution in [1.29, 1.82) is 0 Å². The fourth-order valence-electron chi connectivity index (χ4n) is 2.72. The summed E-state index contributed by atoms with van der Waals surface area (Å²) in [5.41, 5.74) is 3.85. The van der Waals surface area contributed by atoms with E-state index in [0.717, 1.165) is 38.1 Å². The number of hydrogen-bond donors (Lipinski definition) is 1. The van der Waals surface area contributed by atoms with Gasteiger partial charge in [0, 0.05) is 16.1 Å². The Morgan fingerprint density at radius 1 is 1.12 bits per heavy atom. The lowest BCUT2D eigenvalue weighted by Gasteiger charge is -2.06. The molecule has 0 radical (unpaired) electrons. The molecular weight excluding hydrogens is 344 g/mol. The molecule has 1 aromatic heterocycles. The first-order valence-electron chi connectivity index (χ1n) is 8.62. The normalized spacial score (nSPS) is 10.6. The Bertz CT molecular complexity index is 901. The summed E-state index contributed by atoms with van der Waals surface area (Å²) >= 11 is 1.56. The third kappa shape index (κ3) is 4.29. The molecule has 134 valence electrons. The van der Waals surface area contributed by atoms with Crippen LogP contribution in [0, 0.1) is 13.8 Å². The van der Waals surface area contributed by atoms with Gasteiger partial charge in [0.1, 0.15) is 10.8 Å². The molecule has 26 heavy (non-hydrogen) atoms. The summed E-state index contributed by atoms with van der Waals surface area (Å²) in [4.78, 5) is 18.1. The van der Waals surface area contributed by atoms with Crippen molar-refractivity contribution in [2.75, 3.05) is 11.9 Å². The summed E-state index contributed by atoms with van der Waals surface area (Å²) in [6, 6.07) is 15.7. The number of carbonyl (C=O) groups excluding carboxylic acids is 1. The van der Waals surface area contributed by atoms with Gasteiger partial charge in [-0.25, -0.2) is 4.98 Å². The predicted molar refractivity (Wildman–Crippen MR) is 107 cm³/mol. The van der Waals surface area contributed by atoms with E-state index < -0.39 is 0 Å². The van der Waals surface area contributed by atoms with E-state index in [4.69, 9.17) is 4.74 Å². The van der Waals surface area contributed by atoms with Gasteiger partial charge in [-0.3, -0.25) is 4.79 Å². The fourth-order valence-corrected chi connectivity index (χ4v) is 3.67. The van der Waals surface area contributed by atoms with Crippen LogP contribution in [0.1, 0.15) is 22.4 Å². The van der Waals surface area contributed by atoms with Gasteiger partial charge in [0.05, 0.1) is 18.7 Å². The SMILES string of the molecule is CCOc1ccc(-c2nc(CC(=O)Nc3ccccc3C)sc2C)cc1. The summed E-state index contributed by atoms with van der Waals surface area (Å²) in [5, 5.41) is 3.78. The molecule has 0 aliphatic carbocycles. The molecular formula is C21H22N2O2S. The number of benzene rings is 2. The summed E-state index contributed by atoms with van der Waals surface area (Å²) in [7, 11) is 0. The molecule has 1 amide bonds. The number of para-hydroxylation sites is 1. The van der Waals surface area contributed by atoms with Crippen molar-refractivity contribution in [1.82, 2.24) is 4.98 Å². The lowest BCUT2D eigenvalue weighted by atomic mass is 10.1. The average molecular weight is 366 g/mol. The molecule has 0 spiro atoms. The molecule has 4 nitrogen and oxygen atoms in total. The standard InChI is InChI=1S/C21H22N2O2S/c1-4-25-17-11-9-16(10-12-17)21-15(3)26-20(23-21)13-19(24)22-18-8-6-5-7-14(18)2/h5-12H,4,13H2,1-3H3,(H,22,24). The number of carbonyl (C=O) groups is 1. The number of amides is 1. The van der Waals surface area contributed by atoms with E-state index in [1.807, 2.05) is 69.3 Å². The van der Waals surface area contributed by atoms with Gasteiger partial charge in [0.2, 0.25) is 5.91 Å². The molecule has 0 atom stereocenters. The number of aromatic nitrogens is 1. The van der Waals surface area contributed by atoms with Crippen LogP contribution >= 0.6 is 11.3 Å². The number of aryl methyl sites for hydroxylation is 2. The number of hydrogen-bond acceptors (Lipinski definition) is 4. The van der Waals surface area contributed by atoms with E-state index in [-0.39, 0.29) is 12.3 Å². The number of ether oxygens (including phenoxy) is 1. The first-order chi connectivity index (χ1) is 12.6. The molecule has 0 saturated carbocycles. The minimum absolute atomic E-state index is 0.0497. The maximum absolute atomic E-state index is 12.3. The first-order valence-corrected chi connectivity index (χ1v) is 9.43. The van der Waals surface area contributed by atoms with Crippen LogP contribution in [0.15, 0.2) is 48.5 Å². The zero-order valence-corrected chi connectivity index (χ0v) is 16.0. The Morgan fingerprint density at radius 3 is 2.54 bits per heavy atom. The van der Waals surface area contributed by atoms with Crippen LogP contribution in [-0.4, -0.2) is 17.5 Å². The van der Waals surface area contributed by atoms with Crippen LogP contribution in [0.25, 0.3) is 11.3 Å². The molecule has 0 unspecified atom stereocenters. The van der Waals surface area contributed by atoms with Crippen LogP contribution in [0.3, 0.4) is 0 Å². The number of thiazole rings is 1. The molecule has 0 fully saturated rings. The second-order valence-electron chi connectivity index (χ2n) is 6.01. The van der Waals surface area contributed by atoms with Gasteiger partial charge in [0.25, 0.3) is 0 Å². The number of rotatable bonds is 6. The second kappa shape index (κ2) is 8.15. The minimum atomic E-state index is -0.0497. The maximum Gasteiger partial charge on any atom is 0.231 e. The van der Waals surface area contributed by atoms with Gasteiger partial charge in [-0.05, 0) is 56.7 Å². The first kappa shape index (κ1) is 18.1. The lowest BCUT2D eigenvalue weighted by Crippen LogP contribution is -2.14. The van der Waals surface area contributed by atoms with Crippen LogP contribution in [-0.2, 0) is 11.2 Å². The largest absolute Gasteiger partial charge is 0.494 e. The van der Waals surface area contributed by atoms with Crippen LogP contribution in [0.5, 0.6) is 5.75 Å². The third-order valence-electron chi connectivity index (χ3n) is 4.01. The molecule has 2 aromatic carbocycles. The van der Waals surface area contributed by atoms with Gasteiger partial charge >= 0.3 is 0 Å². The highest BCUT2D eigenvalue weighted by Gasteiger charge is 2.13. The van der Waals surface area contributed by atoms with Crippen LogP contribution < -0.4 is 10.1 Å². The van der Waals surface area contributed by atoms with E-state index in [0.29, 0.717) is 6.61 Å². The number of anilines is 1. The lowest BCUT2D eigenvalue weighted by molar-refractivity contribution is -0.115. The quantitative estimate of drug-likeness (QED) is 0.667. The highest BCUT2D eigenvalue weighted by atomic mass is 32.1. The summed E-state index contributed by atoms with van der Waals surface area (Å²) in [5.74, 6) is 0.799. The van der Waals surface area contributed by atoms with Gasteiger partial charge < -0.3 is 10.1 Å². The Labute approximate surface area is 157 Å². The van der Waals surface area contributed by atoms with Gasteiger partial charge in [-0.2, -0.15) is 0 Å². The van der Waals surface area contributed by atoms with Gasteiger partial charge in [-0.15, -0.1) is 11.3 Å². The van der Waals surface area contributed by atoms with E-state index in [1.54, 1.807) is 11.3 Å². The van der Waals surface area contributed by atoms with Crippen molar-refractivity contribution in [3.8, 4) is 17.0 Å². The second-order valence-corrected chi connectivity index (χ2v) is 7.30. The molecule has 1 heterocycles. The molecule has 1 N–H and O–H groups in total. The zero-order chi connectivity index (χ0) is 18.5. The molecule has 0 aliphatic heterocycles. The fraction of sp³-hybridized carbons (Fsp3) is 0.238. The van der Waals surface area contributed by atoms with Crippen molar-refractivity contribution in [3.63, 3.8) is 0 Å². The van der Waals surface area contributed by atoms with E-state index in [1.165, 1.54) is 0 Å². The minimum Gasteiger partial charge on any atom is -0.494 e. The topological polar surface area (TPSA) is 51.2 Å². The van der Waals surface area contributed by atoms with Crippen molar-refractivity contribution < 1.29 is 9.53 Å². The molecule has 0 aliphatic rings. The molecule has 3 rings (SSSR count). The third-order valence-corrected chi connectivity index (χ3v) is 4.98. The summed E-state index contributed by atoms with van der Waals surface area (Å²) in [6.45, 7) is 6.63. The van der Waals surface area contributed by atoms with Gasteiger partial charge in [-0.1, -0.05) is 18.2 Å². The van der Waals surface area contributed by atoms with Crippen LogP contribution in [0.2, 0.25) is 0 Å². The molecule has 3 aromatic rings. The Balaban J connectivity index is 1.71. The molecule has 5 heteroatoms. The smallest absolute Gasteiger partial charge is 0.231 e. The Morgan fingerprint density at radius 2 is 1.85 bits per heavy atom. The number of nitrogens with one attached hydrogen (secondary N) is 1. The average Bonchev–Trinajstić information content (AvgIpc) is 2.98. The molecule has 0 bridgehead atoms. The zero-order valence-electron chi connectivity index (χ0n) is 15.2. The number of nitrogens with zero attached hydrogens (tertiary/aromatic N) is 1. The Kier molecular flexibility index (Phi) is 5.68. The Hall–Kier alpha value is -2.66. The van der Waals surface area contributed by atoms with E-state index in [2.05, 4.69) is 10.3 Å². The summed E-state index contributed by atoms with van der Waals surface area (Å²) in [6.07, 6.45) is 0.275. The monoisotopic (exact) mass is 366 g/mol. The van der Waals surface area contributed by atoms with E-state index >= 15 is 0 Å². The van der Waals surface area contributed by atoms with Crippen molar-refractivity contribution in [2.45, 2.75) is 27.2 Å². The highest BCUT2D eigenvalue weighted by Crippen LogP contribution is 2.29. The van der Waals surface area contributed by atoms with Crippen LogP contribution in [0.4, 0.5) is 5.69 Å². The predicted octanol–water partition coefficient (Wildman–Crippen LogP) is 5.01. The van der Waals surface area contributed by atoms with Crippen molar-refractivity contribution in [3.05, 3.63) is 64.0 Å². The summed E-state index contributed by atoms with van der Waals surface area (Å²) < 4.78 is 5.48. The van der Waals surface area contributed by atoms with Crippen molar-refractivity contribution >= 4 is 22.9 Å².